The summed E-state index contributed by atoms with van der Waals surface area (Å²) in [6.07, 6.45) is -0.159. The highest BCUT2D eigenvalue weighted by Crippen LogP contribution is 2.32. The average Bonchev–Trinajstić information content (AvgIpc) is 2.99. The summed E-state index contributed by atoms with van der Waals surface area (Å²) in [4.78, 5) is 15.9. The summed E-state index contributed by atoms with van der Waals surface area (Å²) in [6, 6.07) is 2.43. The summed E-state index contributed by atoms with van der Waals surface area (Å²) < 4.78 is 61.6. The molecule has 1 unspecified atom stereocenters. The number of imidazole rings is 1. The van der Waals surface area contributed by atoms with E-state index in [2.05, 4.69) is 9.98 Å². The molecule has 1 atom stereocenters. The van der Waals surface area contributed by atoms with Crippen molar-refractivity contribution in [3.05, 3.63) is 51.6 Å². The molecule has 0 bridgehead atoms. The lowest BCUT2D eigenvalue weighted by Gasteiger charge is -2.27. The van der Waals surface area contributed by atoms with Gasteiger partial charge in [-0.1, -0.05) is 0 Å². The van der Waals surface area contributed by atoms with Crippen molar-refractivity contribution < 1.29 is 31.9 Å². The van der Waals surface area contributed by atoms with Gasteiger partial charge in [0.25, 0.3) is 0 Å². The summed E-state index contributed by atoms with van der Waals surface area (Å²) in [7, 11) is 0. The minimum absolute atomic E-state index is 0.0652. The zero-order valence-electron chi connectivity index (χ0n) is 14.8. The van der Waals surface area contributed by atoms with Crippen LogP contribution in [0, 0.1) is 16.4 Å². The summed E-state index contributed by atoms with van der Waals surface area (Å²) in [5, 5.41) is 7.12. The Morgan fingerprint density at radius 3 is 2.66 bits per heavy atom. The number of hydrogen-bond acceptors (Lipinski definition) is 3. The van der Waals surface area contributed by atoms with Crippen LogP contribution in [0.1, 0.15) is 29.3 Å². The van der Waals surface area contributed by atoms with E-state index in [1.807, 2.05) is 4.57 Å². The number of alkyl halides is 3. The molecule has 3 rings (SSSR count). The van der Waals surface area contributed by atoms with Gasteiger partial charge >= 0.3 is 12.1 Å². The number of benzene rings is 1. The van der Waals surface area contributed by atoms with Crippen molar-refractivity contribution in [1.82, 2.24) is 9.55 Å². The van der Waals surface area contributed by atoms with Crippen LogP contribution in [0.3, 0.4) is 0 Å². The molecule has 0 radical (unpaired) electrons. The number of halogens is 5. The number of fused-ring (bicyclic) bond motifs is 1. The third-order valence-corrected chi connectivity index (χ3v) is 4.61. The summed E-state index contributed by atoms with van der Waals surface area (Å²) in [5.74, 6) is -3.76. The van der Waals surface area contributed by atoms with E-state index in [1.54, 1.807) is 6.20 Å². The van der Waals surface area contributed by atoms with Gasteiger partial charge in [-0.3, -0.25) is 4.99 Å². The molecular formula is C17H17F5N4O2S. The summed E-state index contributed by atoms with van der Waals surface area (Å²) in [5.41, 5.74) is 7.53. The van der Waals surface area contributed by atoms with Crippen LogP contribution in [0.2, 0.25) is 0 Å². The number of hydrogen-bond donors (Lipinski definition) is 3. The zero-order valence-corrected chi connectivity index (χ0v) is 15.7. The first kappa shape index (κ1) is 22.5. The van der Waals surface area contributed by atoms with Crippen LogP contribution in [0.25, 0.3) is 0 Å². The number of aliphatic imine (C=N–C) groups is 1. The Morgan fingerprint density at radius 1 is 1.41 bits per heavy atom. The molecule has 0 spiro atoms. The maximum absolute atomic E-state index is 13.8. The molecule has 0 aliphatic heterocycles. The van der Waals surface area contributed by atoms with Gasteiger partial charge in [0, 0.05) is 18.3 Å². The number of aromatic amines is 1. The molecule has 6 nitrogen and oxygen atoms in total. The second-order valence-corrected chi connectivity index (χ2v) is 6.56. The van der Waals surface area contributed by atoms with Crippen LogP contribution >= 0.6 is 12.2 Å². The van der Waals surface area contributed by atoms with Crippen molar-refractivity contribution in [3.8, 4) is 0 Å². The number of carbonyl (C=O) groups is 1. The Morgan fingerprint density at radius 2 is 2.07 bits per heavy atom. The standard InChI is InChI=1S/C15H16F2N4S.C2HF3O2/c16-10-3-9-4-11(1-2-13(9)14(17)5-10)21-12(6-19-8-18)7-20-15(21)22;3-2(4,5)1(6)7/h3,5,7-8,11H,1-2,4,6H2,(H2,18,19)(H,20,22);(H,6,7). The van der Waals surface area contributed by atoms with E-state index in [4.69, 9.17) is 27.9 Å². The predicted octanol–water partition coefficient (Wildman–Crippen LogP) is 3.67. The molecule has 1 aliphatic rings. The molecule has 1 aliphatic carbocycles. The van der Waals surface area contributed by atoms with Crippen LogP contribution in [0.4, 0.5) is 22.0 Å². The maximum atomic E-state index is 13.8. The fourth-order valence-corrected chi connectivity index (χ4v) is 3.41. The van der Waals surface area contributed by atoms with E-state index in [0.29, 0.717) is 35.3 Å². The van der Waals surface area contributed by atoms with Gasteiger partial charge in [-0.15, -0.1) is 0 Å². The van der Waals surface area contributed by atoms with Crippen molar-refractivity contribution >= 4 is 24.5 Å². The van der Waals surface area contributed by atoms with Crippen LogP contribution in [0.5, 0.6) is 0 Å². The van der Waals surface area contributed by atoms with E-state index in [0.717, 1.165) is 18.2 Å². The van der Waals surface area contributed by atoms with Gasteiger partial charge in [0.2, 0.25) is 0 Å². The molecule has 4 N–H and O–H groups in total. The van der Waals surface area contributed by atoms with E-state index in [-0.39, 0.29) is 6.04 Å². The molecule has 0 saturated carbocycles. The number of nitrogens with two attached hydrogens (primary N) is 1. The average molecular weight is 436 g/mol. The second-order valence-electron chi connectivity index (χ2n) is 6.17. The van der Waals surface area contributed by atoms with E-state index >= 15 is 0 Å². The summed E-state index contributed by atoms with van der Waals surface area (Å²) in [6.45, 7) is 0.421. The molecule has 0 amide bonds. The predicted molar refractivity (Wildman–Crippen MR) is 97.1 cm³/mol. The first-order valence-electron chi connectivity index (χ1n) is 8.30. The molecule has 1 aromatic heterocycles. The van der Waals surface area contributed by atoms with E-state index in [9.17, 15) is 22.0 Å². The number of H-pyrrole nitrogens is 1. The molecule has 2 aromatic rings. The van der Waals surface area contributed by atoms with Gasteiger partial charge in [0.05, 0.1) is 18.6 Å². The van der Waals surface area contributed by atoms with Crippen molar-refractivity contribution in [3.63, 3.8) is 0 Å². The van der Waals surface area contributed by atoms with Gasteiger partial charge in [-0.05, 0) is 48.7 Å². The Labute approximate surface area is 166 Å². The van der Waals surface area contributed by atoms with Crippen molar-refractivity contribution in [1.29, 1.82) is 0 Å². The third-order valence-electron chi connectivity index (χ3n) is 4.29. The topological polar surface area (TPSA) is 96.4 Å². The Bertz CT molecular complexity index is 968. The first-order valence-corrected chi connectivity index (χ1v) is 8.71. The fraction of sp³-hybridized carbons (Fsp3) is 0.353. The minimum Gasteiger partial charge on any atom is -0.475 e. The van der Waals surface area contributed by atoms with Crippen LogP contribution < -0.4 is 5.73 Å². The SMILES string of the molecule is NC=NCc1c[nH]c(=S)n1C1CCc2c(F)cc(F)cc2C1.O=C(O)C(F)(F)F. The molecule has 29 heavy (non-hydrogen) atoms. The Balaban J connectivity index is 0.000000370. The van der Waals surface area contributed by atoms with Crippen molar-refractivity contribution in [2.45, 2.75) is 38.0 Å². The monoisotopic (exact) mass is 436 g/mol. The molecule has 1 aromatic carbocycles. The van der Waals surface area contributed by atoms with Gasteiger partial charge < -0.3 is 20.4 Å². The lowest BCUT2D eigenvalue weighted by molar-refractivity contribution is -0.192. The van der Waals surface area contributed by atoms with Crippen molar-refractivity contribution in [2.24, 2.45) is 10.7 Å². The molecule has 0 saturated heterocycles. The smallest absolute Gasteiger partial charge is 0.475 e. The lowest BCUT2D eigenvalue weighted by atomic mass is 9.87. The number of nitrogens with one attached hydrogen (secondary N) is 1. The molecule has 158 valence electrons. The second kappa shape index (κ2) is 9.16. The highest BCUT2D eigenvalue weighted by Gasteiger charge is 2.38. The maximum Gasteiger partial charge on any atom is 0.490 e. The van der Waals surface area contributed by atoms with E-state index in [1.165, 1.54) is 12.4 Å². The van der Waals surface area contributed by atoms with Crippen LogP contribution in [0.15, 0.2) is 23.3 Å². The number of aliphatic carboxylic acids is 1. The van der Waals surface area contributed by atoms with Crippen molar-refractivity contribution in [2.75, 3.05) is 0 Å². The molecule has 1 heterocycles. The molecule has 12 heteroatoms. The number of rotatable bonds is 3. The van der Waals surface area contributed by atoms with Gasteiger partial charge in [0.15, 0.2) is 4.77 Å². The highest BCUT2D eigenvalue weighted by atomic mass is 32.1. The fourth-order valence-electron chi connectivity index (χ4n) is 3.09. The molecule has 0 fully saturated rings. The van der Waals surface area contributed by atoms with Gasteiger partial charge in [-0.25, -0.2) is 13.6 Å². The highest BCUT2D eigenvalue weighted by molar-refractivity contribution is 7.71. The van der Waals surface area contributed by atoms with Crippen LogP contribution in [-0.2, 0) is 24.2 Å². The zero-order chi connectivity index (χ0) is 21.8. The largest absolute Gasteiger partial charge is 0.490 e. The normalized spacial score (nSPS) is 16.2. The van der Waals surface area contributed by atoms with Crippen LogP contribution in [-0.4, -0.2) is 33.1 Å². The number of carboxylic acids is 1. The molecular weight excluding hydrogens is 419 g/mol. The number of carboxylic acid groups (broad SMARTS) is 1. The number of nitrogens with zero attached hydrogens (tertiary/aromatic N) is 2. The first-order chi connectivity index (χ1) is 13.5. The van der Waals surface area contributed by atoms with Gasteiger partial charge in [-0.2, -0.15) is 13.2 Å². The third kappa shape index (κ3) is 5.62. The van der Waals surface area contributed by atoms with Gasteiger partial charge in [0.1, 0.15) is 11.6 Å². The van der Waals surface area contributed by atoms with E-state index < -0.39 is 23.8 Å². The summed E-state index contributed by atoms with van der Waals surface area (Å²) >= 11 is 5.33. The number of aromatic nitrogens is 2. The Kier molecular flexibility index (Phi) is 7.11. The Hall–Kier alpha value is -2.76. The minimum atomic E-state index is -5.08. The quantitative estimate of drug-likeness (QED) is 0.296. The lowest BCUT2D eigenvalue weighted by Crippen LogP contribution is -2.21.